The zero-order valence-electron chi connectivity index (χ0n) is 24.4. The highest BCUT2D eigenvalue weighted by molar-refractivity contribution is 7.92. The fraction of sp³-hybridized carbons (Fsp3) is 0.394. The summed E-state index contributed by atoms with van der Waals surface area (Å²) in [5.74, 6) is -1.91. The summed E-state index contributed by atoms with van der Waals surface area (Å²) in [4.78, 5) is 29.1. The second kappa shape index (κ2) is 15.1. The minimum Gasteiger partial charge on any atom is -0.352 e. The molecule has 0 bridgehead atoms. The monoisotopic (exact) mass is 611 g/mol. The molecule has 3 aromatic rings. The van der Waals surface area contributed by atoms with E-state index in [4.69, 9.17) is 0 Å². The van der Waals surface area contributed by atoms with Crippen LogP contribution in [-0.2, 0) is 32.6 Å². The molecule has 230 valence electrons. The number of nitrogens with zero attached hydrogens (tertiary/aromatic N) is 2. The average molecular weight is 612 g/mol. The molecule has 0 radical (unpaired) electrons. The highest BCUT2D eigenvalue weighted by Gasteiger charge is 2.32. The highest BCUT2D eigenvalue weighted by Crippen LogP contribution is 2.24. The maximum atomic E-state index is 14.8. The van der Waals surface area contributed by atoms with Crippen molar-refractivity contribution >= 4 is 27.5 Å². The first kappa shape index (κ1) is 32.1. The lowest BCUT2D eigenvalue weighted by Crippen LogP contribution is -2.53. The van der Waals surface area contributed by atoms with Gasteiger partial charge in [0.05, 0.1) is 11.9 Å². The molecule has 1 saturated carbocycles. The lowest BCUT2D eigenvalue weighted by atomic mass is 9.94. The van der Waals surface area contributed by atoms with Crippen LogP contribution in [-0.4, -0.2) is 50.0 Å². The van der Waals surface area contributed by atoms with Gasteiger partial charge in [-0.15, -0.1) is 0 Å². The van der Waals surface area contributed by atoms with Crippen LogP contribution in [0.4, 0.5) is 14.5 Å². The maximum absolute atomic E-state index is 14.8. The highest BCUT2D eigenvalue weighted by atomic mass is 32.2. The first-order valence-corrected chi connectivity index (χ1v) is 16.6. The Morgan fingerprint density at radius 3 is 2.16 bits per heavy atom. The lowest BCUT2D eigenvalue weighted by molar-refractivity contribution is -0.141. The molecule has 7 nitrogen and oxygen atoms in total. The fourth-order valence-electron chi connectivity index (χ4n) is 5.54. The van der Waals surface area contributed by atoms with E-state index in [1.54, 1.807) is 18.2 Å². The van der Waals surface area contributed by atoms with E-state index in [0.717, 1.165) is 48.2 Å². The number of nitrogens with one attached hydrogen (secondary N) is 1. The molecule has 0 aromatic heterocycles. The van der Waals surface area contributed by atoms with Gasteiger partial charge in [0.1, 0.15) is 17.7 Å². The van der Waals surface area contributed by atoms with Crippen molar-refractivity contribution in [3.8, 4) is 0 Å². The van der Waals surface area contributed by atoms with Crippen molar-refractivity contribution in [2.24, 2.45) is 0 Å². The van der Waals surface area contributed by atoms with Gasteiger partial charge >= 0.3 is 0 Å². The van der Waals surface area contributed by atoms with Crippen LogP contribution in [0.5, 0.6) is 0 Å². The number of para-hydroxylation sites is 1. The number of amides is 2. The minimum atomic E-state index is -3.84. The number of benzene rings is 3. The molecule has 1 N–H and O–H groups in total. The van der Waals surface area contributed by atoms with Crippen molar-refractivity contribution in [1.29, 1.82) is 0 Å². The Balaban J connectivity index is 1.60. The number of carbonyl (C=O) groups excluding carboxylic acids is 2. The van der Waals surface area contributed by atoms with Gasteiger partial charge in [-0.05, 0) is 43.0 Å². The number of carbonyl (C=O) groups is 2. The first-order valence-electron chi connectivity index (χ1n) is 14.7. The van der Waals surface area contributed by atoms with Crippen LogP contribution >= 0.6 is 0 Å². The van der Waals surface area contributed by atoms with Gasteiger partial charge in [0, 0.05) is 37.5 Å². The van der Waals surface area contributed by atoms with Gasteiger partial charge < -0.3 is 10.2 Å². The van der Waals surface area contributed by atoms with E-state index in [0.29, 0.717) is 0 Å². The van der Waals surface area contributed by atoms with Gasteiger partial charge in [-0.3, -0.25) is 13.9 Å². The van der Waals surface area contributed by atoms with Crippen LogP contribution in [0, 0.1) is 11.6 Å². The second-order valence-corrected chi connectivity index (χ2v) is 13.0. The van der Waals surface area contributed by atoms with Crippen molar-refractivity contribution in [2.75, 3.05) is 17.1 Å². The minimum absolute atomic E-state index is 0.00836. The third-order valence-electron chi connectivity index (χ3n) is 7.79. The smallest absolute Gasteiger partial charge is 0.243 e. The molecule has 2 amide bonds. The predicted octanol–water partition coefficient (Wildman–Crippen LogP) is 5.60. The van der Waals surface area contributed by atoms with E-state index in [9.17, 15) is 26.8 Å². The van der Waals surface area contributed by atoms with Gasteiger partial charge in [0.2, 0.25) is 21.8 Å². The van der Waals surface area contributed by atoms with Crippen LogP contribution in [0.3, 0.4) is 0 Å². The van der Waals surface area contributed by atoms with Gasteiger partial charge in [-0.2, -0.15) is 0 Å². The third kappa shape index (κ3) is 9.10. The van der Waals surface area contributed by atoms with E-state index >= 15 is 0 Å². The molecule has 1 aliphatic carbocycles. The molecule has 0 unspecified atom stereocenters. The van der Waals surface area contributed by atoms with Crippen LogP contribution in [0.1, 0.15) is 56.1 Å². The second-order valence-electron chi connectivity index (χ2n) is 11.1. The Labute approximate surface area is 252 Å². The topological polar surface area (TPSA) is 86.8 Å². The zero-order valence-corrected chi connectivity index (χ0v) is 25.2. The molecule has 3 aromatic carbocycles. The summed E-state index contributed by atoms with van der Waals surface area (Å²) in [6.45, 7) is -0.277. The first-order chi connectivity index (χ1) is 20.6. The molecule has 1 aliphatic rings. The summed E-state index contributed by atoms with van der Waals surface area (Å²) in [5.41, 5.74) is 1.01. The number of anilines is 1. The molecule has 10 heteroatoms. The zero-order chi connectivity index (χ0) is 30.8. The SMILES string of the molecule is CS(=O)(=O)N(CCCC(=O)N(Cc1ccccc1F)[C@@H](Cc1ccccc1)C(=O)NC1CCCCC1)c1ccccc1F. The summed E-state index contributed by atoms with van der Waals surface area (Å²) in [5, 5.41) is 3.14. The summed E-state index contributed by atoms with van der Waals surface area (Å²) < 4.78 is 55.3. The van der Waals surface area contributed by atoms with Crippen molar-refractivity contribution in [2.45, 2.75) is 70.0 Å². The molecular formula is C33H39F2N3O4S. The van der Waals surface area contributed by atoms with Gasteiger partial charge in [-0.1, -0.05) is 79.9 Å². The van der Waals surface area contributed by atoms with E-state index in [2.05, 4.69) is 5.32 Å². The standard InChI is InChI=1S/C33H39F2N3O4S/c1-43(41,42)38(30-20-11-10-19-29(30)35)22-12-21-32(39)37(24-26-15-8-9-18-28(26)34)31(23-25-13-4-2-5-14-25)33(40)36-27-16-6-3-7-17-27/h2,4-5,8-11,13-15,18-20,27,31H,3,6-7,12,16-17,21-24H2,1H3,(H,36,40)/t31-/m0/s1. The van der Waals surface area contributed by atoms with E-state index in [1.165, 1.54) is 35.2 Å². The number of hydrogen-bond acceptors (Lipinski definition) is 4. The van der Waals surface area contributed by atoms with Gasteiger partial charge in [0.15, 0.2) is 0 Å². The molecule has 4 rings (SSSR count). The van der Waals surface area contributed by atoms with E-state index in [-0.39, 0.29) is 55.6 Å². The molecular weight excluding hydrogens is 572 g/mol. The molecule has 43 heavy (non-hydrogen) atoms. The maximum Gasteiger partial charge on any atom is 0.243 e. The quantitative estimate of drug-likeness (QED) is 0.273. The Morgan fingerprint density at radius 1 is 0.884 bits per heavy atom. The Hall–Kier alpha value is -3.79. The van der Waals surface area contributed by atoms with Crippen LogP contribution in [0.25, 0.3) is 0 Å². The van der Waals surface area contributed by atoms with E-state index < -0.39 is 33.6 Å². The molecule has 0 saturated heterocycles. The van der Waals surface area contributed by atoms with Crippen molar-refractivity contribution in [1.82, 2.24) is 10.2 Å². The lowest BCUT2D eigenvalue weighted by Gasteiger charge is -2.34. The number of halogens is 2. The van der Waals surface area contributed by atoms with Crippen molar-refractivity contribution in [3.63, 3.8) is 0 Å². The number of rotatable bonds is 13. The molecule has 0 aliphatic heterocycles. The van der Waals surface area contributed by atoms with Crippen molar-refractivity contribution in [3.05, 3.63) is 102 Å². The van der Waals surface area contributed by atoms with Gasteiger partial charge in [0.25, 0.3) is 0 Å². The summed E-state index contributed by atoms with van der Waals surface area (Å²) >= 11 is 0. The van der Waals surface area contributed by atoms with Crippen LogP contribution in [0.2, 0.25) is 0 Å². The van der Waals surface area contributed by atoms with Crippen LogP contribution < -0.4 is 9.62 Å². The Bertz CT molecular complexity index is 1480. The fourth-order valence-corrected chi connectivity index (χ4v) is 6.51. The summed E-state index contributed by atoms with van der Waals surface area (Å²) in [6.07, 6.45) is 6.03. The number of sulfonamides is 1. The molecule has 0 spiro atoms. The van der Waals surface area contributed by atoms with Crippen molar-refractivity contribution < 1.29 is 26.8 Å². The summed E-state index contributed by atoms with van der Waals surface area (Å²) in [7, 11) is -3.84. The van der Waals surface area contributed by atoms with E-state index in [1.807, 2.05) is 30.3 Å². The summed E-state index contributed by atoms with van der Waals surface area (Å²) in [6, 6.07) is 20.1. The van der Waals surface area contributed by atoms with Gasteiger partial charge in [-0.25, -0.2) is 17.2 Å². The largest absolute Gasteiger partial charge is 0.352 e. The third-order valence-corrected chi connectivity index (χ3v) is 8.97. The predicted molar refractivity (Wildman–Crippen MR) is 164 cm³/mol. The Morgan fingerprint density at radius 2 is 1.51 bits per heavy atom. The number of hydrogen-bond donors (Lipinski definition) is 1. The molecule has 1 fully saturated rings. The average Bonchev–Trinajstić information content (AvgIpc) is 2.99. The Kier molecular flexibility index (Phi) is 11.3. The normalized spacial score (nSPS) is 14.6. The molecule has 1 atom stereocenters. The molecule has 0 heterocycles. The van der Waals surface area contributed by atoms with Crippen LogP contribution in [0.15, 0.2) is 78.9 Å².